The summed E-state index contributed by atoms with van der Waals surface area (Å²) in [5, 5.41) is 8.63. The topological polar surface area (TPSA) is 66.4 Å². The molecule has 0 fully saturated rings. The second-order valence-electron chi connectivity index (χ2n) is 2.55. The molecule has 0 rings (SSSR count). The molecule has 0 spiro atoms. The second-order valence-corrected chi connectivity index (χ2v) is 2.73. The Balaban J connectivity index is 3.95. The first-order valence-electron chi connectivity index (χ1n) is 3.74. The van der Waals surface area contributed by atoms with Crippen molar-refractivity contribution in [2.75, 3.05) is 0 Å². The highest BCUT2D eigenvalue weighted by molar-refractivity contribution is 6.21. The number of carbonyl (C=O) groups is 2. The zero-order valence-electron chi connectivity index (χ0n) is 6.84. The summed E-state index contributed by atoms with van der Waals surface area (Å²) in [4.78, 5) is 23.1. The minimum Gasteiger partial charge on any atom is -0.481 e. The Labute approximate surface area is 76.0 Å². The van der Waals surface area contributed by atoms with E-state index in [1.54, 1.807) is 0 Å². The molecule has 0 aliphatic carbocycles. The first-order valence-corrected chi connectivity index (χ1v) is 4.11. The number of hydrogen-bond acceptors (Lipinski definition) is 2. The van der Waals surface area contributed by atoms with Gasteiger partial charge in [-0.15, -0.1) is 0 Å². The summed E-state index contributed by atoms with van der Waals surface area (Å²) in [6, 6.07) is 0. The molecule has 0 aromatic rings. The van der Waals surface area contributed by atoms with E-state index in [1.807, 2.05) is 11.8 Å². The van der Waals surface area contributed by atoms with E-state index in [0.717, 1.165) is 6.42 Å². The first-order chi connectivity index (χ1) is 5.61. The maximum atomic E-state index is 10.7. The minimum atomic E-state index is -0.947. The molecule has 0 saturated heterocycles. The molecular weight excluding hydrogens is 182 g/mol. The van der Waals surface area contributed by atoms with E-state index >= 15 is 0 Å². The van der Waals surface area contributed by atoms with E-state index in [1.165, 1.54) is 0 Å². The smallest absolute Gasteiger partial charge is 0.307 e. The highest BCUT2D eigenvalue weighted by Crippen LogP contribution is 2.11. The molecule has 4 nitrogen and oxygen atoms in total. The van der Waals surface area contributed by atoms with Gasteiger partial charge in [-0.25, -0.2) is 0 Å². The first kappa shape index (κ1) is 11.2. The SMILES string of the molecule is CCCC(CC(=O)NCl)C(=O)O. The number of carbonyl (C=O) groups excluding carboxylic acids is 1. The molecule has 12 heavy (non-hydrogen) atoms. The number of rotatable bonds is 5. The van der Waals surface area contributed by atoms with Gasteiger partial charge in [-0.2, -0.15) is 0 Å². The molecule has 1 amide bonds. The van der Waals surface area contributed by atoms with E-state index in [9.17, 15) is 9.59 Å². The monoisotopic (exact) mass is 193 g/mol. The van der Waals surface area contributed by atoms with Crippen LogP contribution in [0.3, 0.4) is 0 Å². The molecular formula is C7H12ClNO3. The summed E-state index contributed by atoms with van der Waals surface area (Å²) in [7, 11) is 0. The molecule has 1 atom stereocenters. The molecule has 2 N–H and O–H groups in total. The van der Waals surface area contributed by atoms with Gasteiger partial charge in [0.15, 0.2) is 0 Å². The summed E-state index contributed by atoms with van der Waals surface area (Å²) in [5.74, 6) is -2.01. The number of nitrogens with one attached hydrogen (secondary N) is 1. The van der Waals surface area contributed by atoms with Crippen LogP contribution < -0.4 is 4.84 Å². The predicted octanol–water partition coefficient (Wildman–Crippen LogP) is 1.15. The maximum absolute atomic E-state index is 10.7. The van der Waals surface area contributed by atoms with Crippen molar-refractivity contribution in [1.29, 1.82) is 0 Å². The maximum Gasteiger partial charge on any atom is 0.307 e. The van der Waals surface area contributed by atoms with Crippen LogP contribution in [0.5, 0.6) is 0 Å². The zero-order valence-corrected chi connectivity index (χ0v) is 7.60. The molecule has 0 aliphatic heterocycles. The van der Waals surface area contributed by atoms with E-state index in [2.05, 4.69) is 0 Å². The molecule has 70 valence electrons. The Hall–Kier alpha value is -0.770. The number of aliphatic carboxylic acids is 1. The summed E-state index contributed by atoms with van der Waals surface area (Å²) < 4.78 is 0. The van der Waals surface area contributed by atoms with Crippen LogP contribution in [-0.2, 0) is 9.59 Å². The van der Waals surface area contributed by atoms with Crippen molar-refractivity contribution in [2.45, 2.75) is 26.2 Å². The van der Waals surface area contributed by atoms with Gasteiger partial charge < -0.3 is 5.11 Å². The van der Waals surface area contributed by atoms with Crippen molar-refractivity contribution in [3.05, 3.63) is 0 Å². The van der Waals surface area contributed by atoms with E-state index in [4.69, 9.17) is 16.9 Å². The lowest BCUT2D eigenvalue weighted by molar-refractivity contribution is -0.144. The van der Waals surface area contributed by atoms with Gasteiger partial charge in [-0.3, -0.25) is 14.4 Å². The molecule has 0 heterocycles. The Morgan fingerprint density at radius 2 is 2.17 bits per heavy atom. The summed E-state index contributed by atoms with van der Waals surface area (Å²) in [6.07, 6.45) is 1.19. The number of amides is 1. The van der Waals surface area contributed by atoms with Crippen molar-refractivity contribution in [1.82, 2.24) is 4.84 Å². The Morgan fingerprint density at radius 3 is 2.50 bits per heavy atom. The van der Waals surface area contributed by atoms with Gasteiger partial charge in [0.2, 0.25) is 5.91 Å². The third-order valence-corrected chi connectivity index (χ3v) is 1.73. The van der Waals surface area contributed by atoms with Crippen molar-refractivity contribution in [3.8, 4) is 0 Å². The standard InChI is InChI=1S/C7H12ClNO3/c1-2-3-5(7(11)12)4-6(10)9-8/h5H,2-4H2,1H3,(H,9,10)(H,11,12). The average Bonchev–Trinajstić information content (AvgIpc) is 2.03. The molecule has 0 bridgehead atoms. The van der Waals surface area contributed by atoms with Gasteiger partial charge in [0, 0.05) is 18.2 Å². The lowest BCUT2D eigenvalue weighted by Crippen LogP contribution is -2.22. The van der Waals surface area contributed by atoms with Crippen LogP contribution in [0.1, 0.15) is 26.2 Å². The molecule has 0 aliphatic rings. The fourth-order valence-electron chi connectivity index (χ4n) is 0.924. The largest absolute Gasteiger partial charge is 0.481 e. The fourth-order valence-corrected chi connectivity index (χ4v) is 1.00. The van der Waals surface area contributed by atoms with E-state index in [-0.39, 0.29) is 6.42 Å². The lowest BCUT2D eigenvalue weighted by Gasteiger charge is -2.08. The van der Waals surface area contributed by atoms with Crippen molar-refractivity contribution >= 4 is 23.7 Å². The Morgan fingerprint density at radius 1 is 1.58 bits per heavy atom. The van der Waals surface area contributed by atoms with Crippen LogP contribution in [0.2, 0.25) is 0 Å². The highest BCUT2D eigenvalue weighted by Gasteiger charge is 2.19. The Bertz CT molecular complexity index is 170. The van der Waals surface area contributed by atoms with Crippen molar-refractivity contribution in [2.24, 2.45) is 5.92 Å². The third-order valence-electron chi connectivity index (χ3n) is 1.52. The van der Waals surface area contributed by atoms with Crippen molar-refractivity contribution < 1.29 is 14.7 Å². The van der Waals surface area contributed by atoms with Gasteiger partial charge >= 0.3 is 5.97 Å². The van der Waals surface area contributed by atoms with Gasteiger partial charge in [0.05, 0.1) is 5.92 Å². The zero-order chi connectivity index (χ0) is 9.56. The molecule has 0 aromatic heterocycles. The average molecular weight is 194 g/mol. The summed E-state index contributed by atoms with van der Waals surface area (Å²) in [6.45, 7) is 1.87. The van der Waals surface area contributed by atoms with Crippen molar-refractivity contribution in [3.63, 3.8) is 0 Å². The highest BCUT2D eigenvalue weighted by atomic mass is 35.5. The minimum absolute atomic E-state index is 0.0489. The van der Waals surface area contributed by atoms with Crippen LogP contribution in [0, 0.1) is 5.92 Å². The van der Waals surface area contributed by atoms with Crippen LogP contribution >= 0.6 is 11.8 Å². The number of halogens is 1. The quantitative estimate of drug-likeness (QED) is 0.644. The summed E-state index contributed by atoms with van der Waals surface area (Å²) >= 11 is 5.01. The lowest BCUT2D eigenvalue weighted by atomic mass is 10.00. The number of carboxylic acids is 1. The predicted molar refractivity (Wildman–Crippen MR) is 44.6 cm³/mol. The van der Waals surface area contributed by atoms with Gasteiger partial charge in [-0.05, 0) is 6.42 Å². The van der Waals surface area contributed by atoms with Gasteiger partial charge in [0.25, 0.3) is 0 Å². The number of hydrogen-bond donors (Lipinski definition) is 2. The molecule has 0 aromatic carbocycles. The van der Waals surface area contributed by atoms with Crippen LogP contribution in [0.4, 0.5) is 0 Å². The molecule has 1 unspecified atom stereocenters. The third kappa shape index (κ3) is 4.18. The van der Waals surface area contributed by atoms with Gasteiger partial charge in [-0.1, -0.05) is 13.3 Å². The van der Waals surface area contributed by atoms with E-state index < -0.39 is 17.8 Å². The molecule has 0 radical (unpaired) electrons. The van der Waals surface area contributed by atoms with Crippen LogP contribution in [0.15, 0.2) is 0 Å². The normalized spacial score (nSPS) is 12.2. The molecule has 0 saturated carbocycles. The fraction of sp³-hybridized carbons (Fsp3) is 0.714. The second kappa shape index (κ2) is 5.83. The van der Waals surface area contributed by atoms with Gasteiger partial charge in [0.1, 0.15) is 0 Å². The molecule has 5 heteroatoms. The summed E-state index contributed by atoms with van der Waals surface area (Å²) in [5.41, 5.74) is 0. The number of carboxylic acid groups (broad SMARTS) is 1. The Kier molecular flexibility index (Phi) is 5.45. The van der Waals surface area contributed by atoms with Crippen LogP contribution in [-0.4, -0.2) is 17.0 Å². The van der Waals surface area contributed by atoms with E-state index in [0.29, 0.717) is 6.42 Å². The van der Waals surface area contributed by atoms with Crippen LogP contribution in [0.25, 0.3) is 0 Å².